The lowest BCUT2D eigenvalue weighted by molar-refractivity contribution is -0.120. The van der Waals surface area contributed by atoms with E-state index in [9.17, 15) is 4.79 Å². The summed E-state index contributed by atoms with van der Waals surface area (Å²) in [6.45, 7) is 2.39. The van der Waals surface area contributed by atoms with Gasteiger partial charge in [-0.1, -0.05) is 12.1 Å². The van der Waals surface area contributed by atoms with Crippen LogP contribution in [0.15, 0.2) is 30.3 Å². The largest absolute Gasteiger partial charge is 0.497 e. The molecule has 0 bridgehead atoms. The first kappa shape index (κ1) is 15.1. The summed E-state index contributed by atoms with van der Waals surface area (Å²) < 4.78 is 11.9. The van der Waals surface area contributed by atoms with Gasteiger partial charge in [0.05, 0.1) is 12.8 Å². The molecule has 1 aromatic carbocycles. The second-order valence-corrected chi connectivity index (χ2v) is 4.46. The summed E-state index contributed by atoms with van der Waals surface area (Å²) in [5, 5.41) is 7.16. The highest BCUT2D eigenvalue weighted by Crippen LogP contribution is 2.24. The van der Waals surface area contributed by atoms with Gasteiger partial charge in [0.2, 0.25) is 0 Å². The zero-order valence-electron chi connectivity index (χ0n) is 12.4. The third-order valence-electron chi connectivity index (χ3n) is 2.95. The SMILES string of the molecule is CCOCC(=O)Nc1cc(-c2cccc(OC)c2)nn1C. The van der Waals surface area contributed by atoms with E-state index in [-0.39, 0.29) is 12.5 Å². The maximum Gasteiger partial charge on any atom is 0.251 e. The number of hydrogen-bond donors (Lipinski definition) is 1. The predicted octanol–water partition coefficient (Wildman–Crippen LogP) is 2.07. The van der Waals surface area contributed by atoms with Crippen molar-refractivity contribution in [3.05, 3.63) is 30.3 Å². The number of nitrogens with zero attached hydrogens (tertiary/aromatic N) is 2. The molecular formula is C15H19N3O3. The standard InChI is InChI=1S/C15H19N3O3/c1-4-21-10-15(19)16-14-9-13(17-18(14)2)11-6-5-7-12(8-11)20-3/h5-9H,4,10H2,1-3H3,(H,16,19). The zero-order valence-corrected chi connectivity index (χ0v) is 12.4. The normalized spacial score (nSPS) is 10.4. The number of carbonyl (C=O) groups is 1. The van der Waals surface area contributed by atoms with E-state index in [1.807, 2.05) is 37.3 Å². The van der Waals surface area contributed by atoms with Crippen LogP contribution in [0, 0.1) is 0 Å². The van der Waals surface area contributed by atoms with E-state index in [1.54, 1.807) is 18.8 Å². The highest BCUT2D eigenvalue weighted by Gasteiger charge is 2.10. The Balaban J connectivity index is 2.16. The van der Waals surface area contributed by atoms with Crippen LogP contribution in [0.2, 0.25) is 0 Å². The molecule has 0 aliphatic carbocycles. The number of nitrogens with one attached hydrogen (secondary N) is 1. The first-order chi connectivity index (χ1) is 10.1. The Hall–Kier alpha value is -2.34. The van der Waals surface area contributed by atoms with E-state index in [1.165, 1.54) is 0 Å². The Morgan fingerprint density at radius 2 is 2.19 bits per heavy atom. The number of methoxy groups -OCH3 is 1. The Morgan fingerprint density at radius 3 is 2.90 bits per heavy atom. The van der Waals surface area contributed by atoms with Gasteiger partial charge in [-0.2, -0.15) is 5.10 Å². The Labute approximate surface area is 123 Å². The van der Waals surface area contributed by atoms with E-state index >= 15 is 0 Å². The quantitative estimate of drug-likeness (QED) is 0.884. The molecule has 2 aromatic rings. The molecule has 112 valence electrons. The molecule has 1 N–H and O–H groups in total. The molecule has 0 fully saturated rings. The third-order valence-corrected chi connectivity index (χ3v) is 2.95. The number of amides is 1. The minimum atomic E-state index is -0.197. The van der Waals surface area contributed by atoms with Gasteiger partial charge in [0.1, 0.15) is 18.2 Å². The Morgan fingerprint density at radius 1 is 1.38 bits per heavy atom. The van der Waals surface area contributed by atoms with Crippen molar-refractivity contribution in [1.82, 2.24) is 9.78 Å². The lowest BCUT2D eigenvalue weighted by Crippen LogP contribution is -2.19. The Bertz CT molecular complexity index is 622. The summed E-state index contributed by atoms with van der Waals surface area (Å²) in [5.41, 5.74) is 1.69. The average molecular weight is 289 g/mol. The molecule has 6 nitrogen and oxygen atoms in total. The number of ether oxygens (including phenoxy) is 2. The van der Waals surface area contributed by atoms with Crippen molar-refractivity contribution in [2.75, 3.05) is 25.6 Å². The third kappa shape index (κ3) is 3.82. The first-order valence-electron chi connectivity index (χ1n) is 6.70. The van der Waals surface area contributed by atoms with E-state index in [0.29, 0.717) is 12.4 Å². The molecule has 0 saturated heterocycles. The van der Waals surface area contributed by atoms with Gasteiger partial charge in [-0.05, 0) is 19.1 Å². The van der Waals surface area contributed by atoms with E-state index in [2.05, 4.69) is 10.4 Å². The first-order valence-corrected chi connectivity index (χ1v) is 6.70. The van der Waals surface area contributed by atoms with Crippen molar-refractivity contribution >= 4 is 11.7 Å². The number of aromatic nitrogens is 2. The highest BCUT2D eigenvalue weighted by atomic mass is 16.5. The number of anilines is 1. The summed E-state index contributed by atoms with van der Waals surface area (Å²) >= 11 is 0. The fourth-order valence-corrected chi connectivity index (χ4v) is 1.88. The van der Waals surface area contributed by atoms with Crippen LogP contribution >= 0.6 is 0 Å². The van der Waals surface area contributed by atoms with Crippen LogP contribution in [0.4, 0.5) is 5.82 Å². The molecule has 0 aliphatic rings. The maximum atomic E-state index is 11.7. The van der Waals surface area contributed by atoms with Crippen molar-refractivity contribution < 1.29 is 14.3 Å². The molecule has 0 unspecified atom stereocenters. The zero-order chi connectivity index (χ0) is 15.2. The van der Waals surface area contributed by atoms with E-state index in [0.717, 1.165) is 17.0 Å². The van der Waals surface area contributed by atoms with E-state index < -0.39 is 0 Å². The Kier molecular flexibility index (Phi) is 4.94. The van der Waals surface area contributed by atoms with Gasteiger partial charge in [0, 0.05) is 25.3 Å². The number of benzene rings is 1. The summed E-state index contributed by atoms with van der Waals surface area (Å²) in [6, 6.07) is 9.43. The van der Waals surface area contributed by atoms with Crippen LogP contribution in [0.25, 0.3) is 11.3 Å². The van der Waals surface area contributed by atoms with Crippen molar-refractivity contribution in [2.45, 2.75) is 6.92 Å². The van der Waals surface area contributed by atoms with Crippen molar-refractivity contribution in [2.24, 2.45) is 7.05 Å². The molecule has 0 aliphatic heterocycles. The summed E-state index contributed by atoms with van der Waals surface area (Å²) in [7, 11) is 3.40. The summed E-state index contributed by atoms with van der Waals surface area (Å²) in [5.74, 6) is 1.19. The predicted molar refractivity (Wildman–Crippen MR) is 80.3 cm³/mol. The van der Waals surface area contributed by atoms with Crippen LogP contribution in [0.3, 0.4) is 0 Å². The minimum absolute atomic E-state index is 0.0379. The second kappa shape index (κ2) is 6.90. The number of hydrogen-bond acceptors (Lipinski definition) is 4. The average Bonchev–Trinajstić information content (AvgIpc) is 2.86. The smallest absolute Gasteiger partial charge is 0.251 e. The van der Waals surface area contributed by atoms with Crippen molar-refractivity contribution in [3.8, 4) is 17.0 Å². The van der Waals surface area contributed by atoms with Crippen LogP contribution < -0.4 is 10.1 Å². The van der Waals surface area contributed by atoms with Gasteiger partial charge in [-0.3, -0.25) is 9.48 Å². The van der Waals surface area contributed by atoms with Gasteiger partial charge >= 0.3 is 0 Å². The van der Waals surface area contributed by atoms with E-state index in [4.69, 9.17) is 9.47 Å². The highest BCUT2D eigenvalue weighted by molar-refractivity contribution is 5.91. The van der Waals surface area contributed by atoms with Gasteiger partial charge in [0.25, 0.3) is 5.91 Å². The molecule has 0 spiro atoms. The van der Waals surface area contributed by atoms with Crippen LogP contribution in [0.5, 0.6) is 5.75 Å². The summed E-state index contributed by atoms with van der Waals surface area (Å²) in [4.78, 5) is 11.7. The number of aryl methyl sites for hydroxylation is 1. The van der Waals surface area contributed by atoms with Crippen molar-refractivity contribution in [1.29, 1.82) is 0 Å². The molecule has 0 atom stereocenters. The van der Waals surface area contributed by atoms with Crippen LogP contribution in [0.1, 0.15) is 6.92 Å². The molecule has 1 amide bonds. The molecular weight excluding hydrogens is 270 g/mol. The van der Waals surface area contributed by atoms with Crippen molar-refractivity contribution in [3.63, 3.8) is 0 Å². The number of carbonyl (C=O) groups excluding carboxylic acids is 1. The molecule has 21 heavy (non-hydrogen) atoms. The van der Waals surface area contributed by atoms with Crippen LogP contribution in [-0.4, -0.2) is 36.0 Å². The van der Waals surface area contributed by atoms with Gasteiger partial charge in [-0.25, -0.2) is 0 Å². The second-order valence-electron chi connectivity index (χ2n) is 4.46. The van der Waals surface area contributed by atoms with Crippen LogP contribution in [-0.2, 0) is 16.6 Å². The minimum Gasteiger partial charge on any atom is -0.497 e. The maximum absolute atomic E-state index is 11.7. The molecule has 0 radical (unpaired) electrons. The van der Waals surface area contributed by atoms with Gasteiger partial charge in [0.15, 0.2) is 0 Å². The topological polar surface area (TPSA) is 65.4 Å². The molecule has 1 heterocycles. The lowest BCUT2D eigenvalue weighted by atomic mass is 10.1. The molecule has 2 rings (SSSR count). The van der Waals surface area contributed by atoms with Gasteiger partial charge in [-0.15, -0.1) is 0 Å². The fraction of sp³-hybridized carbons (Fsp3) is 0.333. The summed E-state index contributed by atoms with van der Waals surface area (Å²) in [6.07, 6.45) is 0. The monoisotopic (exact) mass is 289 g/mol. The lowest BCUT2D eigenvalue weighted by Gasteiger charge is -2.04. The molecule has 6 heteroatoms. The molecule has 1 aromatic heterocycles. The van der Waals surface area contributed by atoms with Gasteiger partial charge < -0.3 is 14.8 Å². The molecule has 0 saturated carbocycles. The number of rotatable bonds is 6. The fourth-order valence-electron chi connectivity index (χ4n) is 1.88.